The molecule has 1 N–H and O–H groups in total. The van der Waals surface area contributed by atoms with Gasteiger partial charge in [0.05, 0.1) is 25.7 Å². The zero-order valence-electron chi connectivity index (χ0n) is 10.2. The summed E-state index contributed by atoms with van der Waals surface area (Å²) in [6, 6.07) is 1.37. The Hall–Kier alpha value is -1.75. The van der Waals surface area contributed by atoms with Gasteiger partial charge < -0.3 is 14.6 Å². The van der Waals surface area contributed by atoms with Crippen molar-refractivity contribution in [1.29, 1.82) is 0 Å². The molecule has 0 aliphatic heterocycles. The summed E-state index contributed by atoms with van der Waals surface area (Å²) >= 11 is 6.00. The van der Waals surface area contributed by atoms with E-state index in [2.05, 4.69) is 0 Å². The minimum absolute atomic E-state index is 0.157. The van der Waals surface area contributed by atoms with Gasteiger partial charge in [-0.15, -0.1) is 0 Å². The molecule has 0 aliphatic carbocycles. The number of carboxylic acid groups (broad SMARTS) is 1. The fourth-order valence-corrected chi connectivity index (χ4v) is 2.04. The van der Waals surface area contributed by atoms with Crippen LogP contribution in [0.25, 0.3) is 0 Å². The molecule has 0 heterocycles. The number of methoxy groups -OCH3 is 2. The van der Waals surface area contributed by atoms with Gasteiger partial charge in [0, 0.05) is 10.6 Å². The minimum atomic E-state index is -1.05. The molecule has 6 heteroatoms. The monoisotopic (exact) mass is 272 g/mol. The number of carbonyl (C=O) groups excluding carboxylic acids is 1. The number of rotatable bonds is 5. The molecular formula is C12H13ClO5. The Morgan fingerprint density at radius 2 is 1.94 bits per heavy atom. The van der Waals surface area contributed by atoms with E-state index in [1.54, 1.807) is 0 Å². The number of hydrogen-bond donors (Lipinski definition) is 1. The molecule has 1 aromatic rings. The molecule has 0 bridgehead atoms. The van der Waals surface area contributed by atoms with Crippen molar-refractivity contribution in [3.63, 3.8) is 0 Å². The quantitative estimate of drug-likeness (QED) is 0.833. The number of hydrogen-bond acceptors (Lipinski definition) is 4. The van der Waals surface area contributed by atoms with Gasteiger partial charge >= 0.3 is 5.97 Å². The number of halogens is 1. The predicted octanol–water partition coefficient (Wildman–Crippen LogP) is 2.36. The average molecular weight is 273 g/mol. The molecule has 1 rings (SSSR count). The Balaban J connectivity index is 3.60. The molecule has 0 spiro atoms. The van der Waals surface area contributed by atoms with Crippen LogP contribution < -0.4 is 9.47 Å². The van der Waals surface area contributed by atoms with Crippen LogP contribution in [0.2, 0.25) is 5.02 Å². The lowest BCUT2D eigenvalue weighted by atomic mass is 9.97. The molecule has 1 unspecified atom stereocenters. The third kappa shape index (κ3) is 2.41. The minimum Gasteiger partial charge on any atom is -0.492 e. The van der Waals surface area contributed by atoms with E-state index in [-0.39, 0.29) is 27.6 Å². The molecule has 1 atom stereocenters. The first-order chi connectivity index (χ1) is 8.47. The normalized spacial score (nSPS) is 11.8. The van der Waals surface area contributed by atoms with Gasteiger partial charge in [0.15, 0.2) is 17.8 Å². The van der Waals surface area contributed by atoms with Crippen molar-refractivity contribution in [3.05, 3.63) is 22.2 Å². The Bertz CT molecular complexity index is 484. The number of carboxylic acids is 1. The number of aliphatic carboxylic acids is 1. The van der Waals surface area contributed by atoms with E-state index in [0.717, 1.165) is 0 Å². The molecule has 0 fully saturated rings. The van der Waals surface area contributed by atoms with E-state index in [0.29, 0.717) is 6.29 Å². The van der Waals surface area contributed by atoms with Crippen LogP contribution in [0.5, 0.6) is 11.5 Å². The zero-order valence-corrected chi connectivity index (χ0v) is 10.9. The highest BCUT2D eigenvalue weighted by atomic mass is 35.5. The molecule has 0 saturated heterocycles. The van der Waals surface area contributed by atoms with Gasteiger partial charge in [-0.25, -0.2) is 0 Å². The third-order valence-electron chi connectivity index (χ3n) is 2.59. The summed E-state index contributed by atoms with van der Waals surface area (Å²) in [5.41, 5.74) is 0.495. The van der Waals surface area contributed by atoms with Crippen molar-refractivity contribution in [1.82, 2.24) is 0 Å². The second kappa shape index (κ2) is 5.73. The Morgan fingerprint density at radius 1 is 1.39 bits per heavy atom. The van der Waals surface area contributed by atoms with Crippen molar-refractivity contribution in [2.45, 2.75) is 12.8 Å². The largest absolute Gasteiger partial charge is 0.492 e. The van der Waals surface area contributed by atoms with Crippen LogP contribution in [0.1, 0.15) is 28.8 Å². The van der Waals surface area contributed by atoms with E-state index in [1.807, 2.05) is 0 Å². The highest BCUT2D eigenvalue weighted by molar-refractivity contribution is 6.32. The van der Waals surface area contributed by atoms with Crippen molar-refractivity contribution >= 4 is 23.9 Å². The second-order valence-corrected chi connectivity index (χ2v) is 4.01. The molecule has 0 aliphatic rings. The first-order valence-electron chi connectivity index (χ1n) is 5.10. The van der Waals surface area contributed by atoms with Gasteiger partial charge in [-0.1, -0.05) is 11.6 Å². The summed E-state index contributed by atoms with van der Waals surface area (Å²) in [4.78, 5) is 22.0. The number of carbonyl (C=O) groups is 2. The van der Waals surface area contributed by atoms with Gasteiger partial charge in [-0.05, 0) is 13.0 Å². The predicted molar refractivity (Wildman–Crippen MR) is 66.0 cm³/mol. The lowest BCUT2D eigenvalue weighted by molar-refractivity contribution is -0.138. The maximum Gasteiger partial charge on any atom is 0.310 e. The van der Waals surface area contributed by atoms with E-state index in [9.17, 15) is 9.59 Å². The zero-order chi connectivity index (χ0) is 13.9. The number of aldehydes is 1. The first kappa shape index (κ1) is 14.3. The van der Waals surface area contributed by atoms with Crippen molar-refractivity contribution in [2.24, 2.45) is 0 Å². The van der Waals surface area contributed by atoms with Gasteiger partial charge in [-0.2, -0.15) is 0 Å². The summed E-state index contributed by atoms with van der Waals surface area (Å²) in [5, 5.41) is 9.20. The van der Waals surface area contributed by atoms with Crippen molar-refractivity contribution in [2.75, 3.05) is 14.2 Å². The smallest absolute Gasteiger partial charge is 0.310 e. The molecule has 18 heavy (non-hydrogen) atoms. The van der Waals surface area contributed by atoms with Crippen molar-refractivity contribution < 1.29 is 24.2 Å². The summed E-state index contributed by atoms with van der Waals surface area (Å²) in [6.45, 7) is 1.48. The summed E-state index contributed by atoms with van der Waals surface area (Å²) in [5.74, 6) is -1.57. The average Bonchev–Trinajstić information content (AvgIpc) is 2.36. The maximum absolute atomic E-state index is 11.0. The highest BCUT2D eigenvalue weighted by Gasteiger charge is 2.26. The topological polar surface area (TPSA) is 72.8 Å². The summed E-state index contributed by atoms with van der Waals surface area (Å²) < 4.78 is 10.2. The standard InChI is InChI=1S/C12H13ClO5/c1-6(12(15)16)9-8(13)4-7(5-14)10(17-2)11(9)18-3/h4-6H,1-3H3,(H,15,16). The molecule has 5 nitrogen and oxygen atoms in total. The molecule has 0 radical (unpaired) electrons. The molecule has 0 amide bonds. The Labute approximate surface area is 109 Å². The van der Waals surface area contributed by atoms with Gasteiger partial charge in [-0.3, -0.25) is 9.59 Å². The SMILES string of the molecule is COc1c(C=O)cc(Cl)c(C(C)C(=O)O)c1OC. The lowest BCUT2D eigenvalue weighted by Gasteiger charge is -2.18. The molecule has 1 aromatic carbocycles. The molecule has 0 aromatic heterocycles. The van der Waals surface area contributed by atoms with Crippen LogP contribution in [-0.4, -0.2) is 31.6 Å². The second-order valence-electron chi connectivity index (χ2n) is 3.61. The third-order valence-corrected chi connectivity index (χ3v) is 2.90. The number of ether oxygens (including phenoxy) is 2. The molecule has 0 saturated carbocycles. The van der Waals surface area contributed by atoms with Crippen LogP contribution in [0.3, 0.4) is 0 Å². The Morgan fingerprint density at radius 3 is 2.33 bits per heavy atom. The van der Waals surface area contributed by atoms with Crippen LogP contribution in [-0.2, 0) is 4.79 Å². The van der Waals surface area contributed by atoms with Crippen LogP contribution >= 0.6 is 11.6 Å². The van der Waals surface area contributed by atoms with Crippen molar-refractivity contribution in [3.8, 4) is 11.5 Å². The lowest BCUT2D eigenvalue weighted by Crippen LogP contribution is -2.11. The summed E-state index contributed by atoms with van der Waals surface area (Å²) in [6.07, 6.45) is 0.572. The molecule has 98 valence electrons. The van der Waals surface area contributed by atoms with Crippen LogP contribution in [0.4, 0.5) is 0 Å². The molecular weight excluding hydrogens is 260 g/mol. The van der Waals surface area contributed by atoms with E-state index in [4.69, 9.17) is 26.2 Å². The van der Waals surface area contributed by atoms with E-state index >= 15 is 0 Å². The fraction of sp³-hybridized carbons (Fsp3) is 0.333. The maximum atomic E-state index is 11.0. The fourth-order valence-electron chi connectivity index (χ4n) is 1.67. The summed E-state index contributed by atoms with van der Waals surface area (Å²) in [7, 11) is 2.73. The first-order valence-corrected chi connectivity index (χ1v) is 5.48. The van der Waals surface area contributed by atoms with Crippen LogP contribution in [0.15, 0.2) is 6.07 Å². The van der Waals surface area contributed by atoms with Gasteiger partial charge in [0.25, 0.3) is 0 Å². The van der Waals surface area contributed by atoms with Crippen LogP contribution in [0, 0.1) is 0 Å². The van der Waals surface area contributed by atoms with E-state index in [1.165, 1.54) is 27.2 Å². The van der Waals surface area contributed by atoms with E-state index < -0.39 is 11.9 Å². The highest BCUT2D eigenvalue weighted by Crippen LogP contribution is 2.42. The van der Waals surface area contributed by atoms with Gasteiger partial charge in [0.2, 0.25) is 0 Å². The van der Waals surface area contributed by atoms with Gasteiger partial charge in [0.1, 0.15) is 0 Å². The number of benzene rings is 1. The Kier molecular flexibility index (Phi) is 4.55.